The molecule has 0 fully saturated rings. The van der Waals surface area contributed by atoms with Crippen molar-refractivity contribution in [3.8, 4) is 5.75 Å². The molecule has 0 aliphatic carbocycles. The van der Waals surface area contributed by atoms with E-state index in [9.17, 15) is 19.7 Å². The van der Waals surface area contributed by atoms with Crippen LogP contribution in [0.3, 0.4) is 0 Å². The summed E-state index contributed by atoms with van der Waals surface area (Å²) in [6, 6.07) is 13.4. The van der Waals surface area contributed by atoms with E-state index in [1.807, 2.05) is 0 Å². The van der Waals surface area contributed by atoms with Gasteiger partial charge in [-0.2, -0.15) is 0 Å². The molecule has 1 unspecified atom stereocenters. The van der Waals surface area contributed by atoms with Crippen molar-refractivity contribution >= 4 is 17.8 Å². The van der Waals surface area contributed by atoms with Gasteiger partial charge in [-0.3, -0.25) is 10.1 Å². The summed E-state index contributed by atoms with van der Waals surface area (Å²) in [5.41, 5.74) is 0.524. The van der Waals surface area contributed by atoms with E-state index in [1.54, 1.807) is 30.3 Å². The summed E-state index contributed by atoms with van der Waals surface area (Å²) in [6.45, 7) is 0. The van der Waals surface area contributed by atoms with Crippen molar-refractivity contribution in [2.75, 3.05) is 0 Å². The van der Waals surface area contributed by atoms with Gasteiger partial charge in [-0.25, -0.2) is 9.59 Å². The summed E-state index contributed by atoms with van der Waals surface area (Å²) in [4.78, 5) is 32.8. The van der Waals surface area contributed by atoms with Crippen LogP contribution in [0.1, 0.15) is 5.56 Å². The molecule has 24 heavy (non-hydrogen) atoms. The number of carbonyl (C=O) groups excluding carboxylic acids is 1. The maximum Gasteiger partial charge on any atom is 0.514 e. The third-order valence-corrected chi connectivity index (χ3v) is 3.03. The van der Waals surface area contributed by atoms with Gasteiger partial charge in [-0.15, -0.1) is 0 Å². The fraction of sp³-hybridized carbons (Fsp3) is 0.125. The number of nitro groups is 1. The summed E-state index contributed by atoms with van der Waals surface area (Å²) in [5.74, 6) is -1.30. The van der Waals surface area contributed by atoms with E-state index >= 15 is 0 Å². The highest BCUT2D eigenvalue weighted by molar-refractivity contribution is 5.76. The van der Waals surface area contributed by atoms with Crippen LogP contribution in [0.15, 0.2) is 54.6 Å². The van der Waals surface area contributed by atoms with Crippen LogP contribution >= 0.6 is 0 Å². The zero-order valence-electron chi connectivity index (χ0n) is 12.3. The van der Waals surface area contributed by atoms with Crippen LogP contribution in [0, 0.1) is 10.1 Å². The Morgan fingerprint density at radius 3 is 2.25 bits per heavy atom. The molecule has 0 saturated heterocycles. The quantitative estimate of drug-likeness (QED) is 0.374. The topological polar surface area (TPSA) is 116 Å². The molecule has 124 valence electrons. The average Bonchev–Trinajstić information content (AvgIpc) is 2.55. The lowest BCUT2D eigenvalue weighted by Gasteiger charge is -2.13. The number of hydrogen-bond acceptors (Lipinski definition) is 6. The third kappa shape index (κ3) is 4.80. The molecule has 0 aromatic heterocycles. The van der Waals surface area contributed by atoms with Crippen LogP contribution in [0.4, 0.5) is 10.5 Å². The number of carboxylic acids is 1. The fourth-order valence-electron chi connectivity index (χ4n) is 1.88. The molecule has 1 atom stereocenters. The number of aliphatic carboxylic acids is 1. The van der Waals surface area contributed by atoms with Gasteiger partial charge in [-0.1, -0.05) is 30.3 Å². The predicted molar refractivity (Wildman–Crippen MR) is 81.8 cm³/mol. The molecule has 0 heterocycles. The molecule has 8 nitrogen and oxygen atoms in total. The highest BCUT2D eigenvalue weighted by atomic mass is 16.7. The SMILES string of the molecule is O=C(Oc1ccc([N+](=O)[O-])cc1)OC(Cc1ccccc1)C(=O)O. The number of nitro benzene ring substituents is 1. The van der Waals surface area contributed by atoms with Crippen LogP contribution in [0.25, 0.3) is 0 Å². The number of benzene rings is 2. The minimum Gasteiger partial charge on any atom is -0.478 e. The number of nitrogens with zero attached hydrogens (tertiary/aromatic N) is 1. The Kier molecular flexibility index (Phi) is 5.45. The molecule has 0 amide bonds. The molecule has 2 aromatic carbocycles. The Morgan fingerprint density at radius 2 is 1.71 bits per heavy atom. The van der Waals surface area contributed by atoms with Crippen molar-refractivity contribution in [1.29, 1.82) is 0 Å². The van der Waals surface area contributed by atoms with E-state index in [2.05, 4.69) is 0 Å². The average molecular weight is 331 g/mol. The van der Waals surface area contributed by atoms with E-state index in [0.717, 1.165) is 12.1 Å². The molecule has 1 N–H and O–H groups in total. The second kappa shape index (κ2) is 7.73. The number of rotatable bonds is 6. The van der Waals surface area contributed by atoms with Gasteiger partial charge in [0.25, 0.3) is 5.69 Å². The van der Waals surface area contributed by atoms with E-state index in [1.165, 1.54) is 12.1 Å². The maximum absolute atomic E-state index is 11.7. The molecule has 2 rings (SSSR count). The van der Waals surface area contributed by atoms with Gasteiger partial charge in [-0.05, 0) is 17.7 Å². The van der Waals surface area contributed by atoms with Gasteiger partial charge in [0.2, 0.25) is 6.10 Å². The summed E-state index contributed by atoms with van der Waals surface area (Å²) in [5, 5.41) is 19.7. The second-order valence-electron chi connectivity index (χ2n) is 4.74. The van der Waals surface area contributed by atoms with E-state index in [4.69, 9.17) is 14.6 Å². The first-order chi connectivity index (χ1) is 11.5. The number of carboxylic acid groups (broad SMARTS) is 1. The molecular formula is C16H13NO7. The normalized spacial score (nSPS) is 11.3. The van der Waals surface area contributed by atoms with E-state index < -0.39 is 23.2 Å². The Morgan fingerprint density at radius 1 is 1.08 bits per heavy atom. The molecule has 2 aromatic rings. The number of non-ortho nitro benzene ring substituents is 1. The lowest BCUT2D eigenvalue weighted by atomic mass is 10.1. The molecule has 8 heteroatoms. The lowest BCUT2D eigenvalue weighted by molar-refractivity contribution is -0.384. The van der Waals surface area contributed by atoms with Crippen LogP contribution in [-0.2, 0) is 16.0 Å². The number of carbonyl (C=O) groups is 2. The molecule has 0 bridgehead atoms. The van der Waals surface area contributed by atoms with Crippen molar-refractivity contribution in [2.24, 2.45) is 0 Å². The van der Waals surface area contributed by atoms with Gasteiger partial charge < -0.3 is 14.6 Å². The van der Waals surface area contributed by atoms with Crippen molar-refractivity contribution in [3.63, 3.8) is 0 Å². The zero-order valence-corrected chi connectivity index (χ0v) is 12.3. The largest absolute Gasteiger partial charge is 0.514 e. The maximum atomic E-state index is 11.7. The van der Waals surface area contributed by atoms with E-state index in [-0.39, 0.29) is 17.9 Å². The van der Waals surface area contributed by atoms with Crippen LogP contribution in [0.5, 0.6) is 5.75 Å². The Hall–Kier alpha value is -3.42. The smallest absolute Gasteiger partial charge is 0.478 e. The highest BCUT2D eigenvalue weighted by Gasteiger charge is 2.24. The molecule has 0 spiro atoms. The standard InChI is InChI=1S/C16H13NO7/c18-15(19)14(10-11-4-2-1-3-5-11)24-16(20)23-13-8-6-12(7-9-13)17(21)22/h1-9,14H,10H2,(H,18,19). The van der Waals surface area contributed by atoms with Crippen LogP contribution in [0.2, 0.25) is 0 Å². The zero-order chi connectivity index (χ0) is 17.5. The fourth-order valence-corrected chi connectivity index (χ4v) is 1.88. The van der Waals surface area contributed by atoms with Crippen molar-refractivity contribution < 1.29 is 29.1 Å². The molecule has 0 saturated carbocycles. The van der Waals surface area contributed by atoms with Gasteiger partial charge in [0.15, 0.2) is 0 Å². The number of hydrogen-bond donors (Lipinski definition) is 1. The van der Waals surface area contributed by atoms with Crippen molar-refractivity contribution in [3.05, 3.63) is 70.3 Å². The highest BCUT2D eigenvalue weighted by Crippen LogP contribution is 2.18. The summed E-state index contributed by atoms with van der Waals surface area (Å²) < 4.78 is 9.62. The van der Waals surface area contributed by atoms with Gasteiger partial charge in [0, 0.05) is 18.6 Å². The second-order valence-corrected chi connectivity index (χ2v) is 4.74. The van der Waals surface area contributed by atoms with E-state index in [0.29, 0.717) is 5.56 Å². The Bertz CT molecular complexity index is 728. The first-order valence-corrected chi connectivity index (χ1v) is 6.85. The summed E-state index contributed by atoms with van der Waals surface area (Å²) >= 11 is 0. The predicted octanol–water partition coefficient (Wildman–Crippen LogP) is 2.81. The van der Waals surface area contributed by atoms with Crippen LogP contribution in [-0.4, -0.2) is 28.3 Å². The first kappa shape index (κ1) is 16.9. The Balaban J connectivity index is 1.97. The Labute approximate surface area is 136 Å². The van der Waals surface area contributed by atoms with Gasteiger partial charge >= 0.3 is 12.1 Å². The summed E-state index contributed by atoms with van der Waals surface area (Å²) in [6.07, 6.45) is -2.61. The van der Waals surface area contributed by atoms with Crippen LogP contribution < -0.4 is 4.74 Å². The van der Waals surface area contributed by atoms with Crippen molar-refractivity contribution in [2.45, 2.75) is 12.5 Å². The first-order valence-electron chi connectivity index (χ1n) is 6.85. The van der Waals surface area contributed by atoms with Gasteiger partial charge in [0.05, 0.1) is 4.92 Å². The van der Waals surface area contributed by atoms with Crippen molar-refractivity contribution in [1.82, 2.24) is 0 Å². The molecular weight excluding hydrogens is 318 g/mol. The number of ether oxygens (including phenoxy) is 2. The molecule has 0 radical (unpaired) electrons. The molecule has 0 aliphatic rings. The molecule has 0 aliphatic heterocycles. The summed E-state index contributed by atoms with van der Waals surface area (Å²) in [7, 11) is 0. The lowest BCUT2D eigenvalue weighted by Crippen LogP contribution is -2.30. The van der Waals surface area contributed by atoms with Gasteiger partial charge in [0.1, 0.15) is 5.75 Å². The third-order valence-electron chi connectivity index (χ3n) is 3.03. The minimum atomic E-state index is -1.40. The minimum absolute atomic E-state index is 0.00840. The monoisotopic (exact) mass is 331 g/mol.